The first kappa shape index (κ1) is 15.9. The average Bonchev–Trinajstić information content (AvgIpc) is 2.09. The van der Waals surface area contributed by atoms with Crippen molar-refractivity contribution < 1.29 is 14.6 Å². The van der Waals surface area contributed by atoms with Gasteiger partial charge in [0.15, 0.2) is 11.8 Å². The van der Waals surface area contributed by atoms with Crippen LogP contribution in [0.1, 0.15) is 0 Å². The molecule has 0 fully saturated rings. The SMILES string of the molecule is O=C(O)COc1nc(Cl)c(Cl)cc1Cl.[KH]. The molecule has 1 aromatic heterocycles. The van der Waals surface area contributed by atoms with Gasteiger partial charge in [0.25, 0.3) is 0 Å². The van der Waals surface area contributed by atoms with Crippen molar-refractivity contribution >= 4 is 92.2 Å². The minimum atomic E-state index is -1.13. The van der Waals surface area contributed by atoms with Crippen LogP contribution >= 0.6 is 34.8 Å². The summed E-state index contributed by atoms with van der Waals surface area (Å²) in [7, 11) is 0. The molecule has 78 valence electrons. The van der Waals surface area contributed by atoms with E-state index in [2.05, 4.69) is 4.98 Å². The fourth-order valence-corrected chi connectivity index (χ4v) is 1.20. The molecule has 15 heavy (non-hydrogen) atoms. The molecule has 0 aliphatic carbocycles. The Balaban J connectivity index is 0.00000196. The molecular formula is C7H5Cl3KNO3. The Labute approximate surface area is 143 Å². The molecule has 0 radical (unpaired) electrons. The summed E-state index contributed by atoms with van der Waals surface area (Å²) >= 11 is 16.8. The quantitative estimate of drug-likeness (QED) is 0.683. The third-order valence-electron chi connectivity index (χ3n) is 1.19. The van der Waals surface area contributed by atoms with Crippen LogP contribution in [0.5, 0.6) is 5.88 Å². The Morgan fingerprint density at radius 1 is 1.40 bits per heavy atom. The minimum absolute atomic E-state index is 0. The zero-order chi connectivity index (χ0) is 10.7. The Morgan fingerprint density at radius 3 is 2.53 bits per heavy atom. The fourth-order valence-electron chi connectivity index (χ4n) is 0.660. The van der Waals surface area contributed by atoms with Crippen LogP contribution in [-0.2, 0) is 4.79 Å². The van der Waals surface area contributed by atoms with Gasteiger partial charge in [0.1, 0.15) is 5.02 Å². The van der Waals surface area contributed by atoms with Gasteiger partial charge in [-0.2, -0.15) is 4.98 Å². The first-order valence-electron chi connectivity index (χ1n) is 3.37. The first-order chi connectivity index (χ1) is 6.50. The van der Waals surface area contributed by atoms with Crippen LogP contribution in [0.4, 0.5) is 0 Å². The van der Waals surface area contributed by atoms with Gasteiger partial charge in [-0.3, -0.25) is 0 Å². The van der Waals surface area contributed by atoms with Crippen LogP contribution in [-0.4, -0.2) is 74.1 Å². The molecule has 0 aromatic carbocycles. The molecule has 0 spiro atoms. The zero-order valence-electron chi connectivity index (χ0n) is 6.63. The van der Waals surface area contributed by atoms with E-state index < -0.39 is 12.6 Å². The molecule has 0 bridgehead atoms. The van der Waals surface area contributed by atoms with Crippen LogP contribution in [0.2, 0.25) is 15.2 Å². The summed E-state index contributed by atoms with van der Waals surface area (Å²) in [5, 5.41) is 8.64. The van der Waals surface area contributed by atoms with E-state index in [4.69, 9.17) is 44.6 Å². The van der Waals surface area contributed by atoms with E-state index in [1.165, 1.54) is 6.07 Å². The van der Waals surface area contributed by atoms with Gasteiger partial charge in [-0.15, -0.1) is 0 Å². The number of rotatable bonds is 3. The Kier molecular flexibility index (Phi) is 7.74. The summed E-state index contributed by atoms with van der Waals surface area (Å²) in [6.45, 7) is -0.537. The number of carboxylic acid groups (broad SMARTS) is 1. The van der Waals surface area contributed by atoms with Gasteiger partial charge in [-0.25, -0.2) is 4.79 Å². The number of pyridine rings is 1. The number of aliphatic carboxylic acids is 1. The fraction of sp³-hybridized carbons (Fsp3) is 0.143. The van der Waals surface area contributed by atoms with Crippen molar-refractivity contribution in [1.29, 1.82) is 0 Å². The van der Waals surface area contributed by atoms with E-state index in [1.807, 2.05) is 0 Å². The second-order valence-electron chi connectivity index (χ2n) is 2.23. The maximum atomic E-state index is 10.2. The molecule has 0 saturated heterocycles. The molecule has 8 heteroatoms. The molecule has 1 rings (SSSR count). The van der Waals surface area contributed by atoms with Crippen molar-refractivity contribution in [1.82, 2.24) is 4.98 Å². The summed E-state index contributed by atoms with van der Waals surface area (Å²) in [6, 6.07) is 1.33. The summed E-state index contributed by atoms with van der Waals surface area (Å²) in [4.78, 5) is 13.8. The maximum absolute atomic E-state index is 10.2. The Bertz CT molecular complexity index is 375. The van der Waals surface area contributed by atoms with E-state index >= 15 is 0 Å². The summed E-state index contributed by atoms with van der Waals surface area (Å²) in [5.74, 6) is -1.18. The molecule has 0 amide bonds. The van der Waals surface area contributed by atoms with Crippen molar-refractivity contribution in [3.8, 4) is 5.88 Å². The van der Waals surface area contributed by atoms with Crippen LogP contribution in [0.3, 0.4) is 0 Å². The molecule has 1 N–H and O–H groups in total. The van der Waals surface area contributed by atoms with E-state index in [0.717, 1.165) is 0 Å². The van der Waals surface area contributed by atoms with Crippen molar-refractivity contribution in [2.75, 3.05) is 6.61 Å². The van der Waals surface area contributed by atoms with Gasteiger partial charge in [0, 0.05) is 0 Å². The second-order valence-corrected chi connectivity index (χ2v) is 3.40. The van der Waals surface area contributed by atoms with E-state index in [-0.39, 0.29) is 72.5 Å². The number of aromatic nitrogens is 1. The molecule has 0 aliphatic heterocycles. The predicted molar refractivity (Wildman–Crippen MR) is 59.5 cm³/mol. The molecule has 0 aliphatic rings. The van der Waals surface area contributed by atoms with Gasteiger partial charge in [-0.1, -0.05) is 34.8 Å². The van der Waals surface area contributed by atoms with Crippen LogP contribution in [0.15, 0.2) is 6.07 Å². The predicted octanol–water partition coefficient (Wildman–Crippen LogP) is 1.86. The molecule has 1 heterocycles. The van der Waals surface area contributed by atoms with Crippen LogP contribution in [0, 0.1) is 0 Å². The monoisotopic (exact) mass is 295 g/mol. The molecule has 4 nitrogen and oxygen atoms in total. The van der Waals surface area contributed by atoms with Crippen molar-refractivity contribution in [2.45, 2.75) is 0 Å². The molecule has 0 atom stereocenters. The third-order valence-corrected chi connectivity index (χ3v) is 2.13. The topological polar surface area (TPSA) is 59.4 Å². The van der Waals surface area contributed by atoms with Gasteiger partial charge in [0.2, 0.25) is 5.88 Å². The van der Waals surface area contributed by atoms with Gasteiger partial charge in [-0.05, 0) is 6.07 Å². The number of halogens is 3. The van der Waals surface area contributed by atoms with Gasteiger partial charge in [0.05, 0.1) is 5.02 Å². The average molecular weight is 297 g/mol. The summed E-state index contributed by atoms with van der Waals surface area (Å²) in [6.07, 6.45) is 0. The molecule has 0 unspecified atom stereocenters. The number of nitrogens with zero attached hydrogens (tertiary/aromatic N) is 1. The van der Waals surface area contributed by atoms with Gasteiger partial charge < -0.3 is 9.84 Å². The van der Waals surface area contributed by atoms with Crippen molar-refractivity contribution in [3.63, 3.8) is 0 Å². The van der Waals surface area contributed by atoms with E-state index in [1.54, 1.807) is 0 Å². The van der Waals surface area contributed by atoms with E-state index in [0.29, 0.717) is 0 Å². The number of carboxylic acids is 1. The van der Waals surface area contributed by atoms with E-state index in [9.17, 15) is 4.79 Å². The number of ether oxygens (including phenoxy) is 1. The van der Waals surface area contributed by atoms with Crippen molar-refractivity contribution in [3.05, 3.63) is 21.3 Å². The molecule has 1 aromatic rings. The summed E-state index contributed by atoms with van der Waals surface area (Å²) in [5.41, 5.74) is 0. The normalized spacial score (nSPS) is 9.27. The first-order valence-corrected chi connectivity index (χ1v) is 4.50. The Hall–Kier alpha value is 0.926. The molecule has 0 saturated carbocycles. The van der Waals surface area contributed by atoms with Crippen molar-refractivity contribution in [2.24, 2.45) is 0 Å². The number of hydrogen-bond acceptors (Lipinski definition) is 3. The van der Waals surface area contributed by atoms with Crippen LogP contribution in [0.25, 0.3) is 0 Å². The van der Waals surface area contributed by atoms with Gasteiger partial charge >= 0.3 is 57.4 Å². The summed E-state index contributed by atoms with van der Waals surface area (Å²) < 4.78 is 4.75. The third kappa shape index (κ3) is 5.19. The number of hydrogen-bond donors (Lipinski definition) is 1. The zero-order valence-corrected chi connectivity index (χ0v) is 8.90. The Morgan fingerprint density at radius 2 is 2.00 bits per heavy atom. The molecular weight excluding hydrogens is 292 g/mol. The number of carbonyl (C=O) groups is 1. The van der Waals surface area contributed by atoms with Crippen LogP contribution < -0.4 is 4.74 Å². The standard InChI is InChI=1S/C7H4Cl3NO3.K.H/c8-3-1-4(9)7(11-6(3)10)14-2-5(12)13;;/h1H,2H2,(H,12,13);;. The second kappa shape index (κ2) is 7.29.